The van der Waals surface area contributed by atoms with E-state index in [1.807, 2.05) is 6.20 Å². The normalized spacial score (nSPS) is 21.2. The fourth-order valence-corrected chi connectivity index (χ4v) is 2.91. The molecule has 4 nitrogen and oxygen atoms in total. The first-order chi connectivity index (χ1) is 8.34. The number of nitrogens with zero attached hydrogens (tertiary/aromatic N) is 1. The fourth-order valence-electron chi connectivity index (χ4n) is 2.66. The van der Waals surface area contributed by atoms with Crippen molar-refractivity contribution in [3.05, 3.63) is 18.0 Å². The molecule has 17 heavy (non-hydrogen) atoms. The van der Waals surface area contributed by atoms with Crippen molar-refractivity contribution in [2.75, 3.05) is 24.5 Å². The average molecular weight is 250 g/mol. The van der Waals surface area contributed by atoms with Crippen molar-refractivity contribution >= 4 is 23.0 Å². The van der Waals surface area contributed by atoms with E-state index in [2.05, 4.69) is 26.6 Å². The summed E-state index contributed by atoms with van der Waals surface area (Å²) >= 11 is 5.42. The third-order valence-corrected chi connectivity index (χ3v) is 4.02. The number of nitrogens with one attached hydrogen (secondary N) is 3. The minimum Gasteiger partial charge on any atom is -0.362 e. The molecule has 1 aromatic heterocycles. The number of aromatic nitrogens is 1. The van der Waals surface area contributed by atoms with Gasteiger partial charge in [-0.05, 0) is 50.1 Å². The van der Waals surface area contributed by atoms with Gasteiger partial charge in [0.05, 0.1) is 17.9 Å². The third kappa shape index (κ3) is 2.17. The van der Waals surface area contributed by atoms with E-state index in [1.165, 1.54) is 24.2 Å². The molecule has 92 valence electrons. The van der Waals surface area contributed by atoms with Gasteiger partial charge in [-0.25, -0.2) is 0 Å². The molecule has 0 bridgehead atoms. The number of piperidine rings is 1. The SMILES string of the molecule is S=C1NCc2[nH]ccc2N1CC1CCNCC1. The van der Waals surface area contributed by atoms with Crippen molar-refractivity contribution in [2.45, 2.75) is 19.4 Å². The molecular weight excluding hydrogens is 232 g/mol. The highest BCUT2D eigenvalue weighted by molar-refractivity contribution is 7.80. The Balaban J connectivity index is 1.75. The lowest BCUT2D eigenvalue weighted by atomic mass is 9.97. The van der Waals surface area contributed by atoms with E-state index in [0.29, 0.717) is 0 Å². The quantitative estimate of drug-likeness (QED) is 0.690. The molecule has 1 saturated heterocycles. The van der Waals surface area contributed by atoms with Crippen LogP contribution in [0, 0.1) is 5.92 Å². The summed E-state index contributed by atoms with van der Waals surface area (Å²) < 4.78 is 0. The van der Waals surface area contributed by atoms with Crippen LogP contribution in [0.25, 0.3) is 0 Å². The minimum absolute atomic E-state index is 0.747. The number of H-pyrrole nitrogens is 1. The summed E-state index contributed by atoms with van der Waals surface area (Å²) in [6.07, 6.45) is 4.49. The van der Waals surface area contributed by atoms with Crippen molar-refractivity contribution in [3.8, 4) is 0 Å². The smallest absolute Gasteiger partial charge is 0.173 e. The van der Waals surface area contributed by atoms with E-state index in [-0.39, 0.29) is 0 Å². The van der Waals surface area contributed by atoms with Gasteiger partial charge in [0.25, 0.3) is 0 Å². The molecule has 0 aromatic carbocycles. The van der Waals surface area contributed by atoms with Crippen LogP contribution in [0.1, 0.15) is 18.5 Å². The molecule has 0 unspecified atom stereocenters. The molecule has 3 rings (SSSR count). The van der Waals surface area contributed by atoms with Crippen LogP contribution in [0.2, 0.25) is 0 Å². The van der Waals surface area contributed by atoms with Crippen LogP contribution in [0.5, 0.6) is 0 Å². The van der Waals surface area contributed by atoms with Gasteiger partial charge in [-0.1, -0.05) is 0 Å². The number of anilines is 1. The van der Waals surface area contributed by atoms with Gasteiger partial charge >= 0.3 is 0 Å². The first-order valence-corrected chi connectivity index (χ1v) is 6.68. The lowest BCUT2D eigenvalue weighted by Crippen LogP contribution is -2.47. The van der Waals surface area contributed by atoms with Gasteiger partial charge in [0.15, 0.2) is 5.11 Å². The van der Waals surface area contributed by atoms with Gasteiger partial charge in [-0.3, -0.25) is 0 Å². The van der Waals surface area contributed by atoms with Gasteiger partial charge in [0, 0.05) is 12.7 Å². The van der Waals surface area contributed by atoms with Crippen molar-refractivity contribution < 1.29 is 0 Å². The Bertz CT molecular complexity index is 408. The fraction of sp³-hybridized carbons (Fsp3) is 0.583. The maximum atomic E-state index is 5.42. The average Bonchev–Trinajstić information content (AvgIpc) is 2.83. The van der Waals surface area contributed by atoms with Crippen LogP contribution in [0.15, 0.2) is 12.3 Å². The van der Waals surface area contributed by atoms with Gasteiger partial charge in [0.2, 0.25) is 0 Å². The van der Waals surface area contributed by atoms with Crippen molar-refractivity contribution in [1.82, 2.24) is 15.6 Å². The molecule has 0 saturated carbocycles. The van der Waals surface area contributed by atoms with Gasteiger partial charge in [-0.2, -0.15) is 0 Å². The number of rotatable bonds is 2. The molecule has 0 aliphatic carbocycles. The van der Waals surface area contributed by atoms with Crippen LogP contribution in [-0.4, -0.2) is 29.7 Å². The topological polar surface area (TPSA) is 43.1 Å². The standard InChI is InChI=1S/C12H18N4S/c17-12-15-7-10-11(3-6-14-10)16(12)8-9-1-4-13-5-2-9/h3,6,9,13-14H,1-2,4-5,7-8H2,(H,15,17). The Morgan fingerprint density at radius 1 is 1.35 bits per heavy atom. The molecule has 0 atom stereocenters. The predicted octanol–water partition coefficient (Wildman–Crippen LogP) is 1.21. The zero-order chi connectivity index (χ0) is 11.7. The van der Waals surface area contributed by atoms with Crippen LogP contribution in [0.4, 0.5) is 5.69 Å². The highest BCUT2D eigenvalue weighted by atomic mass is 32.1. The summed E-state index contributed by atoms with van der Waals surface area (Å²) in [5, 5.41) is 7.55. The molecule has 3 heterocycles. The molecule has 1 aromatic rings. The van der Waals surface area contributed by atoms with Crippen LogP contribution in [-0.2, 0) is 6.54 Å². The monoisotopic (exact) mass is 250 g/mol. The van der Waals surface area contributed by atoms with Gasteiger partial charge in [0.1, 0.15) is 0 Å². The van der Waals surface area contributed by atoms with E-state index in [4.69, 9.17) is 12.2 Å². The second kappa shape index (κ2) is 4.66. The largest absolute Gasteiger partial charge is 0.362 e. The summed E-state index contributed by atoms with van der Waals surface area (Å²) in [5.41, 5.74) is 2.50. The first kappa shape index (κ1) is 11.0. The molecule has 1 fully saturated rings. The summed E-state index contributed by atoms with van der Waals surface area (Å²) in [7, 11) is 0. The third-order valence-electron chi connectivity index (χ3n) is 3.66. The van der Waals surface area contributed by atoms with E-state index in [9.17, 15) is 0 Å². The number of thiocarbonyl (C=S) groups is 1. The summed E-state index contributed by atoms with van der Waals surface area (Å²) in [6.45, 7) is 4.14. The highest BCUT2D eigenvalue weighted by Gasteiger charge is 2.25. The highest BCUT2D eigenvalue weighted by Crippen LogP contribution is 2.26. The van der Waals surface area contributed by atoms with Crippen molar-refractivity contribution in [1.29, 1.82) is 0 Å². The zero-order valence-corrected chi connectivity index (χ0v) is 10.6. The molecular formula is C12H18N4S. The Kier molecular flexibility index (Phi) is 3.03. The van der Waals surface area contributed by atoms with Crippen LogP contribution in [0.3, 0.4) is 0 Å². The Labute approximate surface area is 107 Å². The molecule has 0 amide bonds. The maximum absolute atomic E-state index is 5.42. The van der Waals surface area contributed by atoms with E-state index < -0.39 is 0 Å². The molecule has 2 aliphatic heterocycles. The Hall–Kier alpha value is -1.07. The second-order valence-corrected chi connectivity index (χ2v) is 5.19. The molecule has 5 heteroatoms. The molecule has 2 aliphatic rings. The summed E-state index contributed by atoms with van der Waals surface area (Å²) in [6, 6.07) is 2.13. The summed E-state index contributed by atoms with van der Waals surface area (Å²) in [4.78, 5) is 5.52. The zero-order valence-electron chi connectivity index (χ0n) is 9.83. The summed E-state index contributed by atoms with van der Waals surface area (Å²) in [5.74, 6) is 0.747. The molecule has 0 radical (unpaired) electrons. The van der Waals surface area contributed by atoms with Crippen LogP contribution < -0.4 is 15.5 Å². The van der Waals surface area contributed by atoms with E-state index in [0.717, 1.165) is 37.2 Å². The number of aromatic amines is 1. The van der Waals surface area contributed by atoms with E-state index >= 15 is 0 Å². The number of hydrogen-bond donors (Lipinski definition) is 3. The molecule has 3 N–H and O–H groups in total. The maximum Gasteiger partial charge on any atom is 0.173 e. The number of hydrogen-bond acceptors (Lipinski definition) is 2. The first-order valence-electron chi connectivity index (χ1n) is 6.27. The van der Waals surface area contributed by atoms with E-state index in [1.54, 1.807) is 0 Å². The Morgan fingerprint density at radius 2 is 2.18 bits per heavy atom. The lowest BCUT2D eigenvalue weighted by molar-refractivity contribution is 0.381. The van der Waals surface area contributed by atoms with Gasteiger partial charge in [-0.15, -0.1) is 0 Å². The molecule has 0 spiro atoms. The second-order valence-electron chi connectivity index (χ2n) is 4.80. The van der Waals surface area contributed by atoms with Crippen LogP contribution >= 0.6 is 12.2 Å². The van der Waals surface area contributed by atoms with Crippen molar-refractivity contribution in [2.24, 2.45) is 5.92 Å². The van der Waals surface area contributed by atoms with Crippen molar-refractivity contribution in [3.63, 3.8) is 0 Å². The predicted molar refractivity (Wildman–Crippen MR) is 73.2 cm³/mol. The minimum atomic E-state index is 0.747. The Morgan fingerprint density at radius 3 is 3.00 bits per heavy atom. The number of fused-ring (bicyclic) bond motifs is 1. The lowest BCUT2D eigenvalue weighted by Gasteiger charge is -2.34. The van der Waals surface area contributed by atoms with Gasteiger partial charge < -0.3 is 20.5 Å².